The number of anilines is 1. The molecule has 1 unspecified atom stereocenters. The van der Waals surface area contributed by atoms with Crippen molar-refractivity contribution in [2.75, 3.05) is 12.3 Å². The van der Waals surface area contributed by atoms with Crippen molar-refractivity contribution in [2.45, 2.75) is 28.8 Å². The first-order valence-corrected chi connectivity index (χ1v) is 9.26. The Kier molecular flexibility index (Phi) is 5.37. The van der Waals surface area contributed by atoms with Crippen molar-refractivity contribution >= 4 is 45.9 Å². The summed E-state index contributed by atoms with van der Waals surface area (Å²) >= 11 is 2.10. The molecule has 2 fully saturated rings. The van der Waals surface area contributed by atoms with E-state index in [0.717, 1.165) is 28.0 Å². The zero-order valence-electron chi connectivity index (χ0n) is 14.1. The van der Waals surface area contributed by atoms with Crippen LogP contribution in [-0.2, 0) is 14.4 Å². The number of hydrogen-bond acceptors (Lipinski definition) is 11. The van der Waals surface area contributed by atoms with Gasteiger partial charge in [0.05, 0.1) is 24.2 Å². The Morgan fingerprint density at radius 1 is 1.52 bits per heavy atom. The average molecular weight is 414 g/mol. The van der Waals surface area contributed by atoms with Gasteiger partial charge in [-0.25, -0.2) is 0 Å². The summed E-state index contributed by atoms with van der Waals surface area (Å²) in [6, 6.07) is 0.961. The molecule has 4 heterocycles. The molecular weight excluding hydrogens is 403 g/mol. The minimum Gasteiger partial charge on any atom is -0.543 e. The van der Waals surface area contributed by atoms with Crippen LogP contribution in [0, 0.1) is 17.2 Å². The maximum Gasteiger partial charge on any atom is 1.00 e. The molecule has 1 amide bonds. The number of β-lactam (4-membered cyclic amide) rings is 1. The Hall–Kier alpha value is -1.49. The maximum absolute atomic E-state index is 12.8. The van der Waals surface area contributed by atoms with Crippen molar-refractivity contribution in [2.24, 2.45) is 5.92 Å². The fraction of sp³-hybridized carbons (Fsp3) is 0.429. The van der Waals surface area contributed by atoms with Crippen molar-refractivity contribution in [3.05, 3.63) is 10.6 Å². The number of piperidine rings is 1. The average Bonchev–Trinajstić information content (AvgIpc) is 3.14. The van der Waals surface area contributed by atoms with Crippen LogP contribution in [0.2, 0.25) is 0 Å². The minimum atomic E-state index is -1.55. The molecule has 3 atom stereocenters. The van der Waals surface area contributed by atoms with Crippen LogP contribution >= 0.6 is 23.1 Å². The van der Waals surface area contributed by atoms with Crippen molar-refractivity contribution in [3.63, 3.8) is 0 Å². The van der Waals surface area contributed by atoms with Crippen LogP contribution in [0.5, 0.6) is 0 Å². The van der Waals surface area contributed by atoms with Gasteiger partial charge in [-0.1, -0.05) is 23.1 Å². The largest absolute Gasteiger partial charge is 1.00 e. The van der Waals surface area contributed by atoms with Crippen LogP contribution < -0.4 is 45.7 Å². The molecule has 0 spiro atoms. The smallest absolute Gasteiger partial charge is 0.543 e. The van der Waals surface area contributed by atoms with Gasteiger partial charge in [-0.2, -0.15) is 5.26 Å². The van der Waals surface area contributed by atoms with E-state index in [-0.39, 0.29) is 40.4 Å². The summed E-state index contributed by atoms with van der Waals surface area (Å²) in [7, 11) is 0. The molecule has 4 rings (SSSR count). The molecule has 0 bridgehead atoms. The number of aromatic nitrogens is 2. The van der Waals surface area contributed by atoms with E-state index in [1.165, 1.54) is 0 Å². The number of carboxylic acids is 1. The molecule has 0 aromatic carbocycles. The summed E-state index contributed by atoms with van der Waals surface area (Å²) in [5.41, 5.74) is 3.85. The second-order valence-corrected chi connectivity index (χ2v) is 8.29. The van der Waals surface area contributed by atoms with Crippen molar-refractivity contribution in [1.82, 2.24) is 20.4 Å². The molecule has 3 N–H and O–H groups in total. The Bertz CT molecular complexity index is 927. The van der Waals surface area contributed by atoms with Gasteiger partial charge in [-0.05, 0) is 13.0 Å². The molecule has 13 heteroatoms. The third-order valence-corrected chi connectivity index (χ3v) is 6.86. The van der Waals surface area contributed by atoms with Crippen LogP contribution in [0.25, 0.3) is 0 Å². The molecule has 27 heavy (non-hydrogen) atoms. The van der Waals surface area contributed by atoms with E-state index in [0.29, 0.717) is 22.2 Å². The molecule has 134 valence electrons. The first kappa shape index (κ1) is 20.2. The summed E-state index contributed by atoms with van der Waals surface area (Å²) in [6.07, 6.45) is 0.0212. The third-order valence-electron chi connectivity index (χ3n) is 4.86. The number of amides is 1. The zero-order valence-corrected chi connectivity index (χ0v) is 17.7. The van der Waals surface area contributed by atoms with E-state index in [1.807, 2.05) is 0 Å². The number of nitrogens with one attached hydrogen (secondary N) is 1. The van der Waals surface area contributed by atoms with E-state index in [9.17, 15) is 19.5 Å². The molecule has 0 radical (unpaired) electrons. The number of nitriles is 1. The predicted octanol–water partition coefficient (Wildman–Crippen LogP) is -4.77. The number of carboxylic acid groups (broad SMARTS) is 1. The van der Waals surface area contributed by atoms with Gasteiger partial charge in [0.15, 0.2) is 10.1 Å². The molecule has 3 aliphatic rings. The third kappa shape index (κ3) is 2.65. The van der Waals surface area contributed by atoms with Gasteiger partial charge < -0.3 is 21.0 Å². The van der Waals surface area contributed by atoms with E-state index in [2.05, 4.69) is 15.5 Å². The van der Waals surface area contributed by atoms with Gasteiger partial charge in [-0.3, -0.25) is 14.5 Å². The minimum absolute atomic E-state index is 0. The Morgan fingerprint density at radius 2 is 2.26 bits per heavy atom. The van der Waals surface area contributed by atoms with Gasteiger partial charge >= 0.3 is 29.6 Å². The number of Topliss-reactive ketones (excluding diaryl/α,β-unsaturated/α-hetero) is 1. The SMILES string of the molecule is N#CCC(=O)[C@@]12C3CCN[C@@H]1C(=O)N2C(C(=O)[O-])=C3Sc1nnc(N)s1.[Na+]. The second kappa shape index (κ2) is 7.16. The van der Waals surface area contributed by atoms with E-state index in [4.69, 9.17) is 11.0 Å². The van der Waals surface area contributed by atoms with Crippen LogP contribution in [0.4, 0.5) is 5.13 Å². The van der Waals surface area contributed by atoms with Crippen molar-refractivity contribution in [3.8, 4) is 6.07 Å². The van der Waals surface area contributed by atoms with Crippen LogP contribution in [0.3, 0.4) is 0 Å². The summed E-state index contributed by atoms with van der Waals surface area (Å²) in [5, 5.41) is 31.6. The first-order chi connectivity index (χ1) is 12.4. The van der Waals surface area contributed by atoms with Crippen molar-refractivity contribution < 1.29 is 49.0 Å². The number of carbonyl (C=O) groups is 3. The molecule has 2 saturated heterocycles. The van der Waals surface area contributed by atoms with Crippen LogP contribution in [-0.4, -0.2) is 50.9 Å². The van der Waals surface area contributed by atoms with E-state index in [1.54, 1.807) is 6.07 Å². The van der Waals surface area contributed by atoms with E-state index < -0.39 is 41.6 Å². The van der Waals surface area contributed by atoms with Gasteiger partial charge in [0, 0.05) is 10.8 Å². The normalized spacial score (nSPS) is 28.1. The topological polar surface area (TPSA) is 165 Å². The molecule has 10 nitrogen and oxygen atoms in total. The van der Waals surface area contributed by atoms with Gasteiger partial charge in [0.2, 0.25) is 11.0 Å². The van der Waals surface area contributed by atoms with Crippen LogP contribution in [0.1, 0.15) is 12.8 Å². The molecule has 3 aliphatic heterocycles. The fourth-order valence-electron chi connectivity index (χ4n) is 4.02. The zero-order chi connectivity index (χ0) is 18.6. The molecule has 1 aromatic heterocycles. The Labute approximate surface area is 183 Å². The number of ketones is 1. The molecule has 1 aromatic rings. The number of nitrogen functional groups attached to an aromatic ring is 1. The van der Waals surface area contributed by atoms with E-state index >= 15 is 0 Å². The number of hydrogen-bond donors (Lipinski definition) is 2. The predicted molar refractivity (Wildman–Crippen MR) is 86.9 cm³/mol. The number of rotatable bonds is 5. The quantitative estimate of drug-likeness (QED) is 0.353. The standard InChI is InChI=1S/C14H12N6O4S2.Na/c15-3-1-6(21)14-5-2-4-17-9(14)10(22)20(14)7(11(23)24)8(5)25-13-19-18-12(16)26-13;/h5,9,17H,1-2,4H2,(H2,16,18)(H,23,24);/q;+1/p-1/t5?,9-,14+;/m1./s1. The summed E-state index contributed by atoms with van der Waals surface area (Å²) in [4.78, 5) is 38.5. The summed E-state index contributed by atoms with van der Waals surface area (Å²) in [6.45, 7) is 0.444. The molecule has 0 aliphatic carbocycles. The fourth-order valence-corrected chi connectivity index (χ4v) is 6.03. The maximum atomic E-state index is 12.8. The van der Waals surface area contributed by atoms with Gasteiger partial charge in [0.25, 0.3) is 0 Å². The van der Waals surface area contributed by atoms with Crippen molar-refractivity contribution in [1.29, 1.82) is 5.26 Å². The Morgan fingerprint density at radius 3 is 2.85 bits per heavy atom. The Balaban J connectivity index is 0.00000210. The summed E-state index contributed by atoms with van der Waals surface area (Å²) in [5.74, 6) is -3.08. The second-order valence-electron chi connectivity index (χ2n) is 5.99. The monoisotopic (exact) mass is 414 g/mol. The van der Waals surface area contributed by atoms with Crippen LogP contribution in [0.15, 0.2) is 14.9 Å². The molecular formula is C14H11N6NaO4S2. The number of nitrogens with zero attached hydrogens (tertiary/aromatic N) is 4. The summed E-state index contributed by atoms with van der Waals surface area (Å²) < 4.78 is 0.407. The first-order valence-electron chi connectivity index (χ1n) is 7.63. The van der Waals surface area contributed by atoms with Gasteiger partial charge in [-0.15, -0.1) is 10.2 Å². The molecule has 0 saturated carbocycles. The number of carbonyl (C=O) groups excluding carboxylic acids is 3. The number of thioether (sulfide) groups is 1. The van der Waals surface area contributed by atoms with Gasteiger partial charge in [0.1, 0.15) is 11.6 Å². The number of nitrogens with two attached hydrogens (primary N) is 1. The number of aliphatic carboxylic acids is 1.